The molecule has 1 amide bonds. The molecular formula is C23H23N5OS. The van der Waals surface area contributed by atoms with Gasteiger partial charge in [-0.25, -0.2) is 9.97 Å². The zero-order chi connectivity index (χ0) is 20.1. The second kappa shape index (κ2) is 7.09. The first-order valence-corrected chi connectivity index (χ1v) is 11.5. The molecule has 7 heteroatoms. The molecule has 0 bridgehead atoms. The van der Waals surface area contributed by atoms with Gasteiger partial charge in [0.2, 0.25) is 0 Å². The lowest BCUT2D eigenvalue weighted by molar-refractivity contribution is 0.0748. The van der Waals surface area contributed by atoms with E-state index < -0.39 is 0 Å². The van der Waals surface area contributed by atoms with Crippen molar-refractivity contribution in [2.24, 2.45) is 0 Å². The van der Waals surface area contributed by atoms with Crippen LogP contribution in [0.1, 0.15) is 34.5 Å². The molecule has 0 saturated carbocycles. The number of nitrogens with zero attached hydrogens (tertiary/aromatic N) is 4. The van der Waals surface area contributed by atoms with Gasteiger partial charge in [-0.1, -0.05) is 23.5 Å². The molecule has 6 nitrogen and oxygen atoms in total. The number of thiazole rings is 1. The number of hydrogen-bond acceptors (Lipinski definition) is 5. The van der Waals surface area contributed by atoms with Crippen LogP contribution in [0.4, 0.5) is 5.13 Å². The molecule has 0 radical (unpaired) electrons. The molecule has 0 spiro atoms. The number of rotatable bonds is 2. The molecule has 1 aliphatic heterocycles. The van der Waals surface area contributed by atoms with E-state index >= 15 is 0 Å². The summed E-state index contributed by atoms with van der Waals surface area (Å²) in [5, 5.41) is 2.23. The van der Waals surface area contributed by atoms with Gasteiger partial charge in [-0.15, -0.1) is 0 Å². The zero-order valence-electron chi connectivity index (χ0n) is 16.7. The van der Waals surface area contributed by atoms with Crippen LogP contribution in [-0.4, -0.2) is 51.9 Å². The maximum Gasteiger partial charge on any atom is 0.256 e. The number of amides is 1. The molecule has 3 aromatic heterocycles. The van der Waals surface area contributed by atoms with Crippen LogP contribution in [0, 0.1) is 0 Å². The number of benzene rings is 1. The van der Waals surface area contributed by atoms with E-state index in [1.165, 1.54) is 29.5 Å². The van der Waals surface area contributed by atoms with E-state index in [1.54, 1.807) is 17.5 Å². The summed E-state index contributed by atoms with van der Waals surface area (Å²) in [6.45, 7) is 3.00. The molecule has 4 heterocycles. The quantitative estimate of drug-likeness (QED) is 0.535. The molecule has 0 unspecified atom stereocenters. The number of H-pyrrole nitrogens is 1. The Labute approximate surface area is 178 Å². The topological polar surface area (TPSA) is 65.1 Å². The molecule has 1 aromatic carbocycles. The molecule has 152 valence electrons. The van der Waals surface area contributed by atoms with Gasteiger partial charge in [0.25, 0.3) is 5.91 Å². The van der Waals surface area contributed by atoms with Crippen molar-refractivity contribution in [2.45, 2.75) is 25.7 Å². The highest BCUT2D eigenvalue weighted by Crippen LogP contribution is 2.32. The number of carbonyl (C=O) groups excluding carboxylic acids is 1. The van der Waals surface area contributed by atoms with Gasteiger partial charge in [0, 0.05) is 43.5 Å². The number of aryl methyl sites for hydroxylation is 2. The molecule has 1 saturated heterocycles. The summed E-state index contributed by atoms with van der Waals surface area (Å²) in [6.07, 6.45) is 6.48. The van der Waals surface area contributed by atoms with Gasteiger partial charge >= 0.3 is 0 Å². The number of carbonyl (C=O) groups is 1. The van der Waals surface area contributed by atoms with E-state index in [0.717, 1.165) is 52.5 Å². The van der Waals surface area contributed by atoms with E-state index in [2.05, 4.69) is 20.9 Å². The third kappa shape index (κ3) is 2.88. The molecule has 2 aliphatic rings. The molecule has 1 N–H and O–H groups in total. The number of piperazine rings is 1. The lowest BCUT2D eigenvalue weighted by Crippen LogP contribution is -2.48. The maximum atomic E-state index is 13.4. The summed E-state index contributed by atoms with van der Waals surface area (Å²) >= 11 is 1.62. The van der Waals surface area contributed by atoms with Gasteiger partial charge in [-0.05, 0) is 49.4 Å². The number of aromatic nitrogens is 3. The molecule has 30 heavy (non-hydrogen) atoms. The molecule has 0 atom stereocenters. The van der Waals surface area contributed by atoms with Crippen LogP contribution in [0.5, 0.6) is 0 Å². The number of para-hydroxylation sites is 1. The normalized spacial score (nSPS) is 16.9. The highest BCUT2D eigenvalue weighted by Gasteiger charge is 2.26. The summed E-state index contributed by atoms with van der Waals surface area (Å²) in [6, 6.07) is 10.1. The van der Waals surface area contributed by atoms with E-state index in [1.807, 2.05) is 29.2 Å². The predicted molar refractivity (Wildman–Crippen MR) is 120 cm³/mol. The Balaban J connectivity index is 1.23. The number of aromatic amines is 1. The summed E-state index contributed by atoms with van der Waals surface area (Å²) in [7, 11) is 0. The smallest absolute Gasteiger partial charge is 0.256 e. The molecule has 1 fully saturated rings. The Hall–Kier alpha value is -2.93. The van der Waals surface area contributed by atoms with Gasteiger partial charge in [0.05, 0.1) is 11.1 Å². The fraction of sp³-hybridized carbons (Fsp3) is 0.348. The van der Waals surface area contributed by atoms with Crippen molar-refractivity contribution in [2.75, 3.05) is 31.1 Å². The Morgan fingerprint density at radius 1 is 1.03 bits per heavy atom. The Bertz CT molecular complexity index is 1220. The van der Waals surface area contributed by atoms with Crippen molar-refractivity contribution >= 4 is 43.6 Å². The van der Waals surface area contributed by atoms with Gasteiger partial charge in [-0.3, -0.25) is 4.79 Å². The number of hydrogen-bond donors (Lipinski definition) is 1. The lowest BCUT2D eigenvalue weighted by Gasteiger charge is -2.34. The predicted octanol–water partition coefficient (Wildman–Crippen LogP) is 4.01. The average Bonchev–Trinajstić information content (AvgIpc) is 3.40. The van der Waals surface area contributed by atoms with Crippen LogP contribution >= 0.6 is 11.3 Å². The first-order valence-electron chi connectivity index (χ1n) is 10.7. The van der Waals surface area contributed by atoms with Crippen LogP contribution in [0.15, 0.2) is 36.5 Å². The largest absolute Gasteiger partial charge is 0.358 e. The first kappa shape index (κ1) is 17.9. The minimum absolute atomic E-state index is 0.129. The summed E-state index contributed by atoms with van der Waals surface area (Å²) in [4.78, 5) is 31.3. The van der Waals surface area contributed by atoms with Crippen LogP contribution in [0.2, 0.25) is 0 Å². The summed E-state index contributed by atoms with van der Waals surface area (Å²) in [5.41, 5.74) is 5.51. The van der Waals surface area contributed by atoms with E-state index in [-0.39, 0.29) is 5.91 Å². The van der Waals surface area contributed by atoms with Crippen molar-refractivity contribution in [3.63, 3.8) is 0 Å². The van der Waals surface area contributed by atoms with Crippen molar-refractivity contribution in [3.05, 3.63) is 53.3 Å². The third-order valence-corrected chi connectivity index (χ3v) is 7.40. The van der Waals surface area contributed by atoms with E-state index in [0.29, 0.717) is 13.1 Å². The van der Waals surface area contributed by atoms with E-state index in [4.69, 9.17) is 4.98 Å². The van der Waals surface area contributed by atoms with E-state index in [9.17, 15) is 4.79 Å². The van der Waals surface area contributed by atoms with Crippen molar-refractivity contribution in [3.8, 4) is 0 Å². The second-order valence-corrected chi connectivity index (χ2v) is 9.08. The average molecular weight is 418 g/mol. The van der Waals surface area contributed by atoms with Crippen LogP contribution in [-0.2, 0) is 12.8 Å². The van der Waals surface area contributed by atoms with Gasteiger partial charge in [0.15, 0.2) is 5.13 Å². The summed E-state index contributed by atoms with van der Waals surface area (Å²) in [5.74, 6) is 0.129. The van der Waals surface area contributed by atoms with Gasteiger partial charge in [0.1, 0.15) is 10.3 Å². The standard InChI is InChI=1S/C23H23N5OS/c29-22(17-7-3-6-16-15-5-1-2-8-18(15)25-20(16)17)27-11-13-28(14-12-27)23-26-19-9-4-10-24-21(19)30-23/h3-4,6-7,9-10,25H,1-2,5,8,11-14H2. The van der Waals surface area contributed by atoms with Crippen molar-refractivity contribution < 1.29 is 4.79 Å². The third-order valence-electron chi connectivity index (χ3n) is 6.36. The van der Waals surface area contributed by atoms with Crippen LogP contribution in [0.25, 0.3) is 21.3 Å². The minimum Gasteiger partial charge on any atom is -0.358 e. The number of anilines is 1. The number of fused-ring (bicyclic) bond motifs is 4. The summed E-state index contributed by atoms with van der Waals surface area (Å²) < 4.78 is 0. The zero-order valence-corrected chi connectivity index (χ0v) is 17.5. The second-order valence-electron chi connectivity index (χ2n) is 8.12. The highest BCUT2D eigenvalue weighted by molar-refractivity contribution is 7.21. The SMILES string of the molecule is O=C(c1cccc2c3c([nH]c12)CCCC3)N1CCN(c2nc3cccnc3s2)CC1. The molecule has 1 aliphatic carbocycles. The van der Waals surface area contributed by atoms with Crippen molar-refractivity contribution in [1.29, 1.82) is 0 Å². The lowest BCUT2D eigenvalue weighted by atomic mass is 9.95. The number of pyridine rings is 1. The molecule has 4 aromatic rings. The fourth-order valence-corrected chi connectivity index (χ4v) is 5.73. The number of nitrogens with one attached hydrogen (secondary N) is 1. The fourth-order valence-electron chi connectivity index (χ4n) is 4.77. The maximum absolute atomic E-state index is 13.4. The Kier molecular flexibility index (Phi) is 4.23. The highest BCUT2D eigenvalue weighted by atomic mass is 32.1. The van der Waals surface area contributed by atoms with Crippen molar-refractivity contribution in [1.82, 2.24) is 19.9 Å². The molecular weight excluding hydrogens is 394 g/mol. The monoisotopic (exact) mass is 417 g/mol. The van der Waals surface area contributed by atoms with Crippen LogP contribution in [0.3, 0.4) is 0 Å². The Morgan fingerprint density at radius 3 is 2.77 bits per heavy atom. The minimum atomic E-state index is 0.129. The van der Waals surface area contributed by atoms with Gasteiger partial charge in [-0.2, -0.15) is 0 Å². The Morgan fingerprint density at radius 2 is 1.90 bits per heavy atom. The van der Waals surface area contributed by atoms with Gasteiger partial charge < -0.3 is 14.8 Å². The first-order chi connectivity index (χ1) is 14.8. The molecule has 6 rings (SSSR count). The van der Waals surface area contributed by atoms with Crippen LogP contribution < -0.4 is 4.90 Å².